The van der Waals surface area contributed by atoms with Crippen molar-refractivity contribution >= 4 is 29.3 Å². The maximum Gasteiger partial charge on any atom is 0.339 e. The minimum Gasteiger partial charge on any atom is -0.465 e. The number of H-pyrrole nitrogens is 1. The summed E-state index contributed by atoms with van der Waals surface area (Å²) in [4.78, 5) is 28.4. The first-order valence-electron chi connectivity index (χ1n) is 8.67. The molecule has 1 aromatic heterocycles. The van der Waals surface area contributed by atoms with E-state index < -0.39 is 5.97 Å². The highest BCUT2D eigenvalue weighted by Crippen LogP contribution is 2.27. The third-order valence-corrected chi connectivity index (χ3v) is 5.25. The number of carbonyl (C=O) groups excluding carboxylic acids is 2. The molecular formula is C18H22N4O3S. The summed E-state index contributed by atoms with van der Waals surface area (Å²) in [6.07, 6.45) is 6.03. The first-order valence-corrected chi connectivity index (χ1v) is 9.65. The number of thioether (sulfide) groups is 1. The Morgan fingerprint density at radius 1 is 1.31 bits per heavy atom. The van der Waals surface area contributed by atoms with E-state index in [1.807, 2.05) is 0 Å². The minimum absolute atomic E-state index is 0.163. The van der Waals surface area contributed by atoms with Gasteiger partial charge in [-0.25, -0.2) is 9.78 Å². The first-order chi connectivity index (χ1) is 12.7. The van der Waals surface area contributed by atoms with E-state index in [0.717, 1.165) is 12.2 Å². The smallest absolute Gasteiger partial charge is 0.339 e. The molecule has 1 aliphatic carbocycles. The topological polar surface area (TPSA) is 97.0 Å². The van der Waals surface area contributed by atoms with E-state index >= 15 is 0 Å². The van der Waals surface area contributed by atoms with Crippen LogP contribution in [0, 0.1) is 5.92 Å². The molecule has 1 saturated carbocycles. The van der Waals surface area contributed by atoms with E-state index in [1.54, 1.807) is 24.3 Å². The molecule has 0 spiro atoms. The number of hydrogen-bond acceptors (Lipinski definition) is 6. The van der Waals surface area contributed by atoms with Gasteiger partial charge in [-0.1, -0.05) is 49.6 Å². The minimum atomic E-state index is -0.487. The van der Waals surface area contributed by atoms with Crippen LogP contribution in [0.15, 0.2) is 29.4 Å². The van der Waals surface area contributed by atoms with Crippen molar-refractivity contribution < 1.29 is 14.3 Å². The number of benzene rings is 1. The second-order valence-corrected chi connectivity index (χ2v) is 7.24. The largest absolute Gasteiger partial charge is 0.465 e. The molecule has 0 atom stereocenters. The maximum absolute atomic E-state index is 12.2. The third kappa shape index (κ3) is 4.85. The Morgan fingerprint density at radius 2 is 2.08 bits per heavy atom. The number of nitrogens with one attached hydrogen (secondary N) is 2. The SMILES string of the molecule is COC(=O)c1ccccc1NC(=O)CSc1n[nH]c(CC2CCCC2)n1. The van der Waals surface area contributed by atoms with E-state index in [4.69, 9.17) is 4.74 Å². The van der Waals surface area contributed by atoms with Crippen molar-refractivity contribution in [3.63, 3.8) is 0 Å². The molecule has 3 rings (SSSR count). The summed E-state index contributed by atoms with van der Waals surface area (Å²) in [5.41, 5.74) is 0.756. The number of anilines is 1. The van der Waals surface area contributed by atoms with Crippen LogP contribution in [0.2, 0.25) is 0 Å². The molecule has 2 N–H and O–H groups in total. The van der Waals surface area contributed by atoms with E-state index in [0.29, 0.717) is 22.3 Å². The van der Waals surface area contributed by atoms with Crippen molar-refractivity contribution in [1.82, 2.24) is 15.2 Å². The number of ether oxygens (including phenoxy) is 1. The second-order valence-electron chi connectivity index (χ2n) is 6.29. The molecule has 138 valence electrons. The molecule has 0 aliphatic heterocycles. The summed E-state index contributed by atoms with van der Waals surface area (Å²) >= 11 is 1.26. The molecule has 0 bridgehead atoms. The summed E-state index contributed by atoms with van der Waals surface area (Å²) in [6.45, 7) is 0. The highest BCUT2D eigenvalue weighted by Gasteiger charge is 2.18. The van der Waals surface area contributed by atoms with Gasteiger partial charge in [-0.15, -0.1) is 5.10 Å². The van der Waals surface area contributed by atoms with Gasteiger partial charge in [0.05, 0.1) is 24.1 Å². The van der Waals surface area contributed by atoms with Gasteiger partial charge >= 0.3 is 5.97 Å². The lowest BCUT2D eigenvalue weighted by Crippen LogP contribution is -2.17. The number of rotatable bonds is 7. The van der Waals surface area contributed by atoms with Crippen LogP contribution in [0.25, 0.3) is 0 Å². The van der Waals surface area contributed by atoms with Crippen LogP contribution in [0.5, 0.6) is 0 Å². The van der Waals surface area contributed by atoms with E-state index in [1.165, 1.54) is 44.6 Å². The van der Waals surface area contributed by atoms with Crippen molar-refractivity contribution in [1.29, 1.82) is 0 Å². The number of nitrogens with zero attached hydrogens (tertiary/aromatic N) is 2. The Morgan fingerprint density at radius 3 is 2.85 bits per heavy atom. The van der Waals surface area contributed by atoms with Gasteiger partial charge in [0.15, 0.2) is 0 Å². The summed E-state index contributed by atoms with van der Waals surface area (Å²) < 4.78 is 4.73. The number of para-hydroxylation sites is 1. The van der Waals surface area contributed by atoms with Gasteiger partial charge in [-0.3, -0.25) is 9.89 Å². The molecule has 7 nitrogen and oxygen atoms in total. The molecule has 2 aromatic rings. The fourth-order valence-electron chi connectivity index (χ4n) is 3.12. The highest BCUT2D eigenvalue weighted by molar-refractivity contribution is 7.99. The highest BCUT2D eigenvalue weighted by atomic mass is 32.2. The van der Waals surface area contributed by atoms with Crippen LogP contribution < -0.4 is 5.32 Å². The molecular weight excluding hydrogens is 352 g/mol. The predicted molar refractivity (Wildman–Crippen MR) is 99.2 cm³/mol. The maximum atomic E-state index is 12.2. The fraction of sp³-hybridized carbons (Fsp3) is 0.444. The van der Waals surface area contributed by atoms with Crippen LogP contribution in [0.3, 0.4) is 0 Å². The summed E-state index contributed by atoms with van der Waals surface area (Å²) in [5.74, 6) is 1.03. The average molecular weight is 374 g/mol. The molecule has 0 radical (unpaired) electrons. The average Bonchev–Trinajstić information content (AvgIpc) is 3.32. The molecule has 1 aromatic carbocycles. The fourth-order valence-corrected chi connectivity index (χ4v) is 3.74. The first kappa shape index (κ1) is 18.4. The molecule has 1 aliphatic rings. The van der Waals surface area contributed by atoms with Gasteiger partial charge < -0.3 is 10.1 Å². The van der Waals surface area contributed by atoms with Crippen LogP contribution >= 0.6 is 11.8 Å². The van der Waals surface area contributed by atoms with Gasteiger partial charge in [-0.05, 0) is 18.1 Å². The number of amides is 1. The zero-order valence-corrected chi connectivity index (χ0v) is 15.5. The number of methoxy groups -OCH3 is 1. The molecule has 0 saturated heterocycles. The lowest BCUT2D eigenvalue weighted by Gasteiger charge is -2.08. The Labute approximate surface area is 156 Å². The third-order valence-electron chi connectivity index (χ3n) is 4.41. The number of esters is 1. The van der Waals surface area contributed by atoms with Crippen molar-refractivity contribution in [2.75, 3.05) is 18.2 Å². The molecule has 0 unspecified atom stereocenters. The van der Waals surface area contributed by atoms with Crippen molar-refractivity contribution in [2.24, 2.45) is 5.92 Å². The van der Waals surface area contributed by atoms with Crippen LogP contribution in [0.4, 0.5) is 5.69 Å². The van der Waals surface area contributed by atoms with Gasteiger partial charge in [0, 0.05) is 6.42 Å². The van der Waals surface area contributed by atoms with E-state index in [2.05, 4.69) is 20.5 Å². The van der Waals surface area contributed by atoms with E-state index in [-0.39, 0.29) is 11.7 Å². The monoisotopic (exact) mass is 374 g/mol. The number of aromatic amines is 1. The van der Waals surface area contributed by atoms with Gasteiger partial charge in [-0.2, -0.15) is 0 Å². The van der Waals surface area contributed by atoms with E-state index in [9.17, 15) is 9.59 Å². The van der Waals surface area contributed by atoms with Crippen LogP contribution in [-0.2, 0) is 16.0 Å². The van der Waals surface area contributed by atoms with Crippen LogP contribution in [0.1, 0.15) is 41.9 Å². The van der Waals surface area contributed by atoms with Gasteiger partial charge in [0.25, 0.3) is 0 Å². The van der Waals surface area contributed by atoms with Crippen molar-refractivity contribution in [3.8, 4) is 0 Å². The lowest BCUT2D eigenvalue weighted by atomic mass is 10.0. The Balaban J connectivity index is 1.51. The molecule has 8 heteroatoms. The number of aromatic nitrogens is 3. The zero-order valence-electron chi connectivity index (χ0n) is 14.7. The quantitative estimate of drug-likeness (QED) is 0.571. The Bertz CT molecular complexity index is 771. The lowest BCUT2D eigenvalue weighted by molar-refractivity contribution is -0.113. The van der Waals surface area contributed by atoms with Gasteiger partial charge in [0.2, 0.25) is 11.1 Å². The second kappa shape index (κ2) is 8.84. The summed E-state index contributed by atoms with van der Waals surface area (Å²) in [6, 6.07) is 6.75. The number of carbonyl (C=O) groups is 2. The molecule has 26 heavy (non-hydrogen) atoms. The van der Waals surface area contributed by atoms with Crippen LogP contribution in [-0.4, -0.2) is 39.9 Å². The molecule has 1 heterocycles. The van der Waals surface area contributed by atoms with Crippen molar-refractivity contribution in [2.45, 2.75) is 37.3 Å². The Hall–Kier alpha value is -2.35. The normalized spacial score (nSPS) is 14.3. The summed E-state index contributed by atoms with van der Waals surface area (Å²) in [5, 5.41) is 10.4. The predicted octanol–water partition coefficient (Wildman–Crippen LogP) is 3.05. The molecule has 1 fully saturated rings. The summed E-state index contributed by atoms with van der Waals surface area (Å²) in [7, 11) is 1.31. The zero-order chi connectivity index (χ0) is 18.4. The number of hydrogen-bond donors (Lipinski definition) is 2. The standard InChI is InChI=1S/C18H22N4O3S/c1-25-17(24)13-8-4-5-9-14(13)19-16(23)11-26-18-20-15(21-22-18)10-12-6-2-3-7-12/h4-5,8-9,12H,2-3,6-7,10-11H2,1H3,(H,19,23)(H,20,21,22). The van der Waals surface area contributed by atoms with Crippen molar-refractivity contribution in [3.05, 3.63) is 35.7 Å². The Kier molecular flexibility index (Phi) is 6.27. The van der Waals surface area contributed by atoms with Gasteiger partial charge in [0.1, 0.15) is 5.82 Å². The molecule has 1 amide bonds.